The first-order valence-electron chi connectivity index (χ1n) is 5.76. The van der Waals surface area contributed by atoms with E-state index in [2.05, 4.69) is 14.9 Å². The summed E-state index contributed by atoms with van der Waals surface area (Å²) in [6, 6.07) is 2.36. The van der Waals surface area contributed by atoms with Gasteiger partial charge in [-0.05, 0) is 25.7 Å². The molecule has 1 fully saturated rings. The van der Waals surface area contributed by atoms with Crippen molar-refractivity contribution in [2.75, 3.05) is 23.8 Å². The highest BCUT2D eigenvalue weighted by Gasteiger charge is 2.25. The number of hydrogen-bond donors (Lipinski definition) is 2. The van der Waals surface area contributed by atoms with Crippen molar-refractivity contribution in [3.8, 4) is 0 Å². The quantitative estimate of drug-likeness (QED) is 0.770. The topological polar surface area (TPSA) is 75.3 Å². The summed E-state index contributed by atoms with van der Waals surface area (Å²) >= 11 is 0. The Morgan fingerprint density at radius 2 is 2.25 bits per heavy atom. The first-order chi connectivity index (χ1) is 7.81. The largest absolute Gasteiger partial charge is 0.396 e. The molecule has 0 unspecified atom stereocenters. The molecule has 16 heavy (non-hydrogen) atoms. The highest BCUT2D eigenvalue weighted by Crippen LogP contribution is 2.28. The molecule has 1 aromatic rings. The van der Waals surface area contributed by atoms with Gasteiger partial charge in [0.05, 0.1) is 0 Å². The van der Waals surface area contributed by atoms with Gasteiger partial charge in [-0.25, -0.2) is 9.97 Å². The SMILES string of the molecule is Nc1cc(N(CCCO)C2CCC2)ncn1. The Kier molecular flexibility index (Phi) is 3.56. The third kappa shape index (κ3) is 2.41. The van der Waals surface area contributed by atoms with Crippen LogP contribution in [0.15, 0.2) is 12.4 Å². The van der Waals surface area contributed by atoms with Gasteiger partial charge in [0.2, 0.25) is 0 Å². The second-order valence-electron chi connectivity index (χ2n) is 4.16. The predicted octanol–water partition coefficient (Wildman–Crippen LogP) is 0.800. The Morgan fingerprint density at radius 3 is 2.81 bits per heavy atom. The van der Waals surface area contributed by atoms with Crippen molar-refractivity contribution in [1.82, 2.24) is 9.97 Å². The molecule has 1 saturated carbocycles. The van der Waals surface area contributed by atoms with E-state index in [9.17, 15) is 0 Å². The molecule has 0 bridgehead atoms. The van der Waals surface area contributed by atoms with Crippen molar-refractivity contribution < 1.29 is 5.11 Å². The standard InChI is InChI=1S/C11H18N4O/c12-10-7-11(14-8-13-10)15(5-2-6-16)9-3-1-4-9/h7-9,16H,1-6H2,(H2,12,13,14). The molecule has 2 rings (SSSR count). The molecule has 5 heteroatoms. The molecular formula is C11H18N4O. The van der Waals surface area contributed by atoms with Crippen LogP contribution < -0.4 is 10.6 Å². The van der Waals surface area contributed by atoms with Crippen LogP contribution in [0.25, 0.3) is 0 Å². The summed E-state index contributed by atoms with van der Waals surface area (Å²) in [5, 5.41) is 8.91. The first kappa shape index (κ1) is 11.1. The highest BCUT2D eigenvalue weighted by atomic mass is 16.3. The van der Waals surface area contributed by atoms with Gasteiger partial charge < -0.3 is 15.7 Å². The second kappa shape index (κ2) is 5.12. The summed E-state index contributed by atoms with van der Waals surface area (Å²) in [4.78, 5) is 10.4. The lowest BCUT2D eigenvalue weighted by molar-refractivity contribution is 0.282. The number of aliphatic hydroxyl groups excluding tert-OH is 1. The molecule has 0 amide bonds. The lowest BCUT2D eigenvalue weighted by Crippen LogP contribution is -2.41. The van der Waals surface area contributed by atoms with Crippen LogP contribution in [0.2, 0.25) is 0 Å². The van der Waals surface area contributed by atoms with Gasteiger partial charge in [-0.3, -0.25) is 0 Å². The Hall–Kier alpha value is -1.36. The van der Waals surface area contributed by atoms with Crippen LogP contribution in [0.1, 0.15) is 25.7 Å². The van der Waals surface area contributed by atoms with E-state index in [1.165, 1.54) is 25.6 Å². The van der Waals surface area contributed by atoms with Crippen LogP contribution >= 0.6 is 0 Å². The second-order valence-corrected chi connectivity index (χ2v) is 4.16. The van der Waals surface area contributed by atoms with Gasteiger partial charge in [0.25, 0.3) is 0 Å². The van der Waals surface area contributed by atoms with E-state index in [1.54, 1.807) is 6.07 Å². The fraction of sp³-hybridized carbons (Fsp3) is 0.636. The molecule has 5 nitrogen and oxygen atoms in total. The molecule has 0 saturated heterocycles. The average Bonchev–Trinajstić information content (AvgIpc) is 2.21. The minimum Gasteiger partial charge on any atom is -0.396 e. The van der Waals surface area contributed by atoms with Gasteiger partial charge in [-0.2, -0.15) is 0 Å². The zero-order valence-corrected chi connectivity index (χ0v) is 9.34. The van der Waals surface area contributed by atoms with Gasteiger partial charge in [0.15, 0.2) is 0 Å². The van der Waals surface area contributed by atoms with Crippen LogP contribution in [-0.4, -0.2) is 34.3 Å². The fourth-order valence-corrected chi connectivity index (χ4v) is 1.94. The summed E-state index contributed by atoms with van der Waals surface area (Å²) in [6.07, 6.45) is 5.95. The lowest BCUT2D eigenvalue weighted by Gasteiger charge is -2.38. The third-order valence-electron chi connectivity index (χ3n) is 3.04. The Labute approximate surface area is 95.3 Å². The molecule has 1 aliphatic carbocycles. The van der Waals surface area contributed by atoms with Gasteiger partial charge in [-0.15, -0.1) is 0 Å². The molecule has 0 radical (unpaired) electrons. The zero-order chi connectivity index (χ0) is 11.4. The average molecular weight is 222 g/mol. The summed E-state index contributed by atoms with van der Waals surface area (Å²) in [7, 11) is 0. The van der Waals surface area contributed by atoms with Crippen LogP contribution in [0.5, 0.6) is 0 Å². The minimum absolute atomic E-state index is 0.212. The van der Waals surface area contributed by atoms with Crippen molar-refractivity contribution in [2.45, 2.75) is 31.7 Å². The Bertz CT molecular complexity index is 341. The maximum atomic E-state index is 8.91. The van der Waals surface area contributed by atoms with E-state index in [-0.39, 0.29) is 6.61 Å². The maximum absolute atomic E-state index is 8.91. The number of aromatic nitrogens is 2. The van der Waals surface area contributed by atoms with E-state index in [1.807, 2.05) is 0 Å². The van der Waals surface area contributed by atoms with E-state index < -0.39 is 0 Å². The van der Waals surface area contributed by atoms with E-state index in [4.69, 9.17) is 10.8 Å². The van der Waals surface area contributed by atoms with Crippen LogP contribution in [0.3, 0.4) is 0 Å². The molecule has 1 aliphatic rings. The van der Waals surface area contributed by atoms with Crippen LogP contribution in [0, 0.1) is 0 Å². The van der Waals surface area contributed by atoms with E-state index in [0.717, 1.165) is 18.8 Å². The third-order valence-corrected chi connectivity index (χ3v) is 3.04. The fourth-order valence-electron chi connectivity index (χ4n) is 1.94. The van der Waals surface area contributed by atoms with Crippen LogP contribution in [0.4, 0.5) is 11.6 Å². The molecule has 0 spiro atoms. The molecule has 88 valence electrons. The molecule has 1 heterocycles. The zero-order valence-electron chi connectivity index (χ0n) is 9.34. The van der Waals surface area contributed by atoms with Crippen molar-refractivity contribution in [3.05, 3.63) is 12.4 Å². The van der Waals surface area contributed by atoms with Crippen molar-refractivity contribution >= 4 is 11.6 Å². The van der Waals surface area contributed by atoms with Crippen molar-refractivity contribution in [2.24, 2.45) is 0 Å². The molecule has 1 aromatic heterocycles. The lowest BCUT2D eigenvalue weighted by atomic mass is 9.91. The maximum Gasteiger partial charge on any atom is 0.134 e. The van der Waals surface area contributed by atoms with Crippen LogP contribution in [-0.2, 0) is 0 Å². The first-order valence-corrected chi connectivity index (χ1v) is 5.76. The number of aliphatic hydroxyl groups is 1. The number of hydrogen-bond acceptors (Lipinski definition) is 5. The van der Waals surface area contributed by atoms with Gasteiger partial charge in [0, 0.05) is 25.3 Å². The van der Waals surface area contributed by atoms with Crippen molar-refractivity contribution in [3.63, 3.8) is 0 Å². The molecule has 0 aliphatic heterocycles. The van der Waals surface area contributed by atoms with E-state index in [0.29, 0.717) is 11.9 Å². The minimum atomic E-state index is 0.212. The number of nitrogens with zero attached hydrogens (tertiary/aromatic N) is 3. The predicted molar refractivity (Wildman–Crippen MR) is 63.1 cm³/mol. The number of nitrogen functional groups attached to an aromatic ring is 1. The normalized spacial score (nSPS) is 15.8. The van der Waals surface area contributed by atoms with Gasteiger partial charge >= 0.3 is 0 Å². The summed E-state index contributed by atoms with van der Waals surface area (Å²) in [5.74, 6) is 1.38. The van der Waals surface area contributed by atoms with Gasteiger partial charge in [-0.1, -0.05) is 0 Å². The van der Waals surface area contributed by atoms with Gasteiger partial charge in [0.1, 0.15) is 18.0 Å². The summed E-state index contributed by atoms with van der Waals surface area (Å²) < 4.78 is 0. The molecule has 3 N–H and O–H groups in total. The number of rotatable bonds is 5. The number of anilines is 2. The molecular weight excluding hydrogens is 204 g/mol. The summed E-state index contributed by atoms with van der Waals surface area (Å²) in [6.45, 7) is 1.04. The number of nitrogens with two attached hydrogens (primary N) is 1. The van der Waals surface area contributed by atoms with E-state index >= 15 is 0 Å². The Morgan fingerprint density at radius 1 is 1.44 bits per heavy atom. The monoisotopic (exact) mass is 222 g/mol. The molecule has 0 aromatic carbocycles. The summed E-state index contributed by atoms with van der Waals surface area (Å²) in [5.41, 5.74) is 5.66. The highest BCUT2D eigenvalue weighted by molar-refractivity contribution is 5.47. The smallest absolute Gasteiger partial charge is 0.134 e. The van der Waals surface area contributed by atoms with Crippen molar-refractivity contribution in [1.29, 1.82) is 0 Å². The Balaban J connectivity index is 2.10. The molecule has 0 atom stereocenters.